The van der Waals surface area contributed by atoms with Gasteiger partial charge in [-0.25, -0.2) is 4.39 Å². The Balaban J connectivity index is 2.32. The fourth-order valence-electron chi connectivity index (χ4n) is 2.27. The van der Waals surface area contributed by atoms with Crippen molar-refractivity contribution in [3.63, 3.8) is 0 Å². The minimum Gasteiger partial charge on any atom is -0.330 e. The number of aryl methyl sites for hydroxylation is 1. The smallest absolute Gasteiger partial charge is 0.182 e. The third kappa shape index (κ3) is 2.29. The molecule has 0 bridgehead atoms. The second-order valence-electron chi connectivity index (χ2n) is 4.57. The van der Waals surface area contributed by atoms with Gasteiger partial charge in [-0.3, -0.25) is 4.57 Å². The molecule has 0 saturated carbocycles. The molecular weight excluding hydrogens is 386 g/mol. The Bertz CT molecular complexity index is 851. The van der Waals surface area contributed by atoms with Crippen molar-refractivity contribution in [3.05, 3.63) is 56.1 Å². The van der Waals surface area contributed by atoms with Crippen molar-refractivity contribution in [1.29, 1.82) is 0 Å². The van der Waals surface area contributed by atoms with E-state index in [1.165, 1.54) is 11.6 Å². The van der Waals surface area contributed by atoms with Gasteiger partial charge in [0.15, 0.2) is 4.77 Å². The molecule has 2 nitrogen and oxygen atoms in total. The first kappa shape index (κ1) is 13.8. The first-order valence-electron chi connectivity index (χ1n) is 6.29. The maximum atomic E-state index is 13.8. The molecule has 102 valence electrons. The summed E-state index contributed by atoms with van der Waals surface area (Å²) in [4.78, 5) is 3.14. The average Bonchev–Trinajstić information content (AvgIpc) is 2.74. The maximum Gasteiger partial charge on any atom is 0.182 e. The molecule has 1 heterocycles. The van der Waals surface area contributed by atoms with E-state index in [0.717, 1.165) is 23.1 Å². The van der Waals surface area contributed by atoms with Gasteiger partial charge in [0.2, 0.25) is 0 Å². The van der Waals surface area contributed by atoms with Gasteiger partial charge in [0, 0.05) is 11.8 Å². The van der Waals surface area contributed by atoms with Crippen molar-refractivity contribution in [2.24, 2.45) is 0 Å². The Kier molecular flexibility index (Phi) is 3.64. The molecule has 0 fully saturated rings. The molecule has 0 aliphatic rings. The summed E-state index contributed by atoms with van der Waals surface area (Å²) in [5.41, 5.74) is 3.80. The highest BCUT2D eigenvalue weighted by molar-refractivity contribution is 14.1. The molecule has 20 heavy (non-hydrogen) atoms. The number of fused-ring (bicyclic) bond motifs is 1. The normalized spacial score (nSPS) is 11.2. The van der Waals surface area contributed by atoms with E-state index in [1.807, 2.05) is 39.3 Å². The highest BCUT2D eigenvalue weighted by Gasteiger charge is 2.10. The van der Waals surface area contributed by atoms with E-state index in [4.69, 9.17) is 12.2 Å². The molecule has 0 atom stereocenters. The summed E-state index contributed by atoms with van der Waals surface area (Å²) in [5, 5.41) is 0. The minimum absolute atomic E-state index is 0.229. The molecule has 0 aliphatic carbocycles. The number of nitrogens with zero attached hydrogens (tertiary/aromatic N) is 1. The van der Waals surface area contributed by atoms with Crippen LogP contribution in [0.2, 0.25) is 0 Å². The number of benzene rings is 2. The van der Waals surface area contributed by atoms with Crippen LogP contribution in [-0.4, -0.2) is 9.55 Å². The van der Waals surface area contributed by atoms with Crippen LogP contribution in [0.3, 0.4) is 0 Å². The van der Waals surface area contributed by atoms with E-state index in [2.05, 4.69) is 24.0 Å². The molecule has 5 heteroatoms. The molecule has 1 aromatic heterocycles. The monoisotopic (exact) mass is 398 g/mol. The zero-order valence-corrected chi connectivity index (χ0v) is 13.8. The molecular formula is C15H12FIN2S. The van der Waals surface area contributed by atoms with Gasteiger partial charge in [0.05, 0.1) is 14.6 Å². The first-order chi connectivity index (χ1) is 9.60. The molecule has 0 unspecified atom stereocenters. The van der Waals surface area contributed by atoms with Gasteiger partial charge in [-0.1, -0.05) is 19.1 Å². The lowest BCUT2D eigenvalue weighted by atomic mass is 10.1. The lowest BCUT2D eigenvalue weighted by Gasteiger charge is -2.07. The zero-order valence-electron chi connectivity index (χ0n) is 10.8. The van der Waals surface area contributed by atoms with Gasteiger partial charge in [-0.2, -0.15) is 0 Å². The predicted molar refractivity (Wildman–Crippen MR) is 90.5 cm³/mol. The highest BCUT2D eigenvalue weighted by atomic mass is 127. The van der Waals surface area contributed by atoms with Gasteiger partial charge in [-0.05, 0) is 65.0 Å². The topological polar surface area (TPSA) is 20.7 Å². The van der Waals surface area contributed by atoms with Crippen molar-refractivity contribution in [2.45, 2.75) is 13.3 Å². The summed E-state index contributed by atoms with van der Waals surface area (Å²) in [6.07, 6.45) is 0.954. The van der Waals surface area contributed by atoms with Crippen LogP contribution in [0, 0.1) is 14.2 Å². The number of rotatable bonds is 2. The number of nitrogens with one attached hydrogen (secondary N) is 1. The van der Waals surface area contributed by atoms with E-state index in [0.29, 0.717) is 8.34 Å². The van der Waals surface area contributed by atoms with Crippen LogP contribution in [0.4, 0.5) is 4.39 Å². The number of hydrogen-bond acceptors (Lipinski definition) is 1. The summed E-state index contributed by atoms with van der Waals surface area (Å²) in [6, 6.07) is 11.4. The van der Waals surface area contributed by atoms with Crippen LogP contribution in [0.15, 0.2) is 36.4 Å². The third-order valence-electron chi connectivity index (χ3n) is 3.30. The van der Waals surface area contributed by atoms with E-state index in [1.54, 1.807) is 6.07 Å². The second-order valence-corrected chi connectivity index (χ2v) is 6.12. The Morgan fingerprint density at radius 2 is 2.10 bits per heavy atom. The summed E-state index contributed by atoms with van der Waals surface area (Å²) >= 11 is 7.36. The van der Waals surface area contributed by atoms with E-state index in [-0.39, 0.29) is 5.82 Å². The lowest BCUT2D eigenvalue weighted by molar-refractivity contribution is 0.622. The van der Waals surface area contributed by atoms with Gasteiger partial charge in [0.1, 0.15) is 5.82 Å². The van der Waals surface area contributed by atoms with Gasteiger partial charge < -0.3 is 4.98 Å². The van der Waals surface area contributed by atoms with Crippen molar-refractivity contribution < 1.29 is 4.39 Å². The van der Waals surface area contributed by atoms with Crippen LogP contribution < -0.4 is 0 Å². The molecule has 0 aliphatic heterocycles. The first-order valence-corrected chi connectivity index (χ1v) is 7.78. The number of aromatic amines is 1. The third-order valence-corrected chi connectivity index (χ3v) is 4.41. The molecule has 3 aromatic rings. The zero-order chi connectivity index (χ0) is 14.3. The fraction of sp³-hybridized carbons (Fsp3) is 0.133. The quantitative estimate of drug-likeness (QED) is 0.476. The Hall–Kier alpha value is -1.21. The summed E-state index contributed by atoms with van der Waals surface area (Å²) in [6.45, 7) is 2.11. The largest absolute Gasteiger partial charge is 0.330 e. The van der Waals surface area contributed by atoms with Crippen molar-refractivity contribution >= 4 is 45.8 Å². The fourth-order valence-corrected chi connectivity index (χ4v) is 3.05. The van der Waals surface area contributed by atoms with Crippen LogP contribution in [-0.2, 0) is 6.42 Å². The van der Waals surface area contributed by atoms with Gasteiger partial charge >= 0.3 is 0 Å². The molecule has 2 aromatic carbocycles. The highest BCUT2D eigenvalue weighted by Crippen LogP contribution is 2.24. The van der Waals surface area contributed by atoms with Crippen LogP contribution in [0.5, 0.6) is 0 Å². The average molecular weight is 398 g/mol. The van der Waals surface area contributed by atoms with Crippen molar-refractivity contribution in [2.75, 3.05) is 0 Å². The minimum atomic E-state index is -0.229. The van der Waals surface area contributed by atoms with Crippen LogP contribution in [0.25, 0.3) is 16.7 Å². The SMILES string of the molecule is CCc1cccc(-n2c(=S)[nH]c3cc(I)c(F)cc32)c1. The van der Waals surface area contributed by atoms with E-state index >= 15 is 0 Å². The number of H-pyrrole nitrogens is 1. The molecule has 0 saturated heterocycles. The van der Waals surface area contributed by atoms with Crippen LogP contribution in [0.1, 0.15) is 12.5 Å². The summed E-state index contributed by atoms with van der Waals surface area (Å²) in [5.74, 6) is -0.229. The standard InChI is InChI=1S/C15H12FIN2S/c1-2-9-4-3-5-10(6-9)19-14-7-11(16)12(17)8-13(14)18-15(19)20/h3-8H,2H2,1H3,(H,18,20). The number of halogens is 2. The predicted octanol–water partition coefficient (Wildman–Crippen LogP) is 4.99. The Labute approximate surface area is 134 Å². The molecule has 3 rings (SSSR count). The Morgan fingerprint density at radius 3 is 2.85 bits per heavy atom. The van der Waals surface area contributed by atoms with Crippen LogP contribution >= 0.6 is 34.8 Å². The van der Waals surface area contributed by atoms with Gasteiger partial charge in [-0.15, -0.1) is 0 Å². The van der Waals surface area contributed by atoms with Gasteiger partial charge in [0.25, 0.3) is 0 Å². The van der Waals surface area contributed by atoms with Crippen molar-refractivity contribution in [1.82, 2.24) is 9.55 Å². The number of imidazole rings is 1. The van der Waals surface area contributed by atoms with E-state index in [9.17, 15) is 4.39 Å². The van der Waals surface area contributed by atoms with E-state index < -0.39 is 0 Å². The number of hydrogen-bond donors (Lipinski definition) is 1. The molecule has 1 N–H and O–H groups in total. The molecule has 0 radical (unpaired) electrons. The summed E-state index contributed by atoms with van der Waals surface area (Å²) in [7, 11) is 0. The van der Waals surface area contributed by atoms with Crippen molar-refractivity contribution in [3.8, 4) is 5.69 Å². The Morgan fingerprint density at radius 1 is 1.30 bits per heavy atom. The molecule has 0 amide bonds. The lowest BCUT2D eigenvalue weighted by Crippen LogP contribution is -1.95. The second kappa shape index (κ2) is 5.29. The number of aromatic nitrogens is 2. The maximum absolute atomic E-state index is 13.8. The molecule has 0 spiro atoms. The summed E-state index contributed by atoms with van der Waals surface area (Å²) < 4.78 is 16.9.